The average Bonchev–Trinajstić information content (AvgIpc) is 2.57. The van der Waals surface area contributed by atoms with Gasteiger partial charge in [0.1, 0.15) is 11.4 Å². The van der Waals surface area contributed by atoms with Gasteiger partial charge in [0.25, 0.3) is 0 Å². The first kappa shape index (κ1) is 21.0. The first-order chi connectivity index (χ1) is 12.5. The molecule has 9 heteroatoms. The number of aromatic nitrogens is 2. The highest BCUT2D eigenvalue weighted by Gasteiger charge is 2.34. The molecule has 2 aromatic rings. The van der Waals surface area contributed by atoms with Crippen LogP contribution < -0.4 is 10.1 Å². The summed E-state index contributed by atoms with van der Waals surface area (Å²) in [4.78, 5) is 19.6. The molecule has 0 saturated heterocycles. The molecule has 0 aliphatic rings. The molecule has 0 aliphatic carbocycles. The number of nitrogens with zero attached hydrogens (tertiary/aromatic N) is 2. The van der Waals surface area contributed by atoms with Crippen LogP contribution in [-0.2, 0) is 11.0 Å². The number of methoxy groups -OCH3 is 1. The van der Waals surface area contributed by atoms with E-state index < -0.39 is 17.4 Å². The molecular weight excluding hydrogens is 379 g/mol. The van der Waals surface area contributed by atoms with Crippen molar-refractivity contribution < 1.29 is 22.7 Å². The van der Waals surface area contributed by atoms with Crippen LogP contribution in [-0.4, -0.2) is 34.3 Å². The number of hydrogen-bond donors (Lipinski definition) is 1. The summed E-state index contributed by atoms with van der Waals surface area (Å²) >= 11 is 0.857. The highest BCUT2D eigenvalue weighted by Crippen LogP contribution is 2.32. The smallest absolute Gasteiger partial charge is 0.433 e. The first-order valence-electron chi connectivity index (χ1n) is 8.02. The second-order valence-corrected chi connectivity index (χ2v) is 7.68. The molecule has 0 fully saturated rings. The minimum Gasteiger partial charge on any atom is -0.497 e. The number of amides is 1. The predicted octanol–water partition coefficient (Wildman–Crippen LogP) is 4.18. The van der Waals surface area contributed by atoms with E-state index >= 15 is 0 Å². The number of carbonyl (C=O) groups excluding carboxylic acids is 1. The fraction of sp³-hybridized carbons (Fsp3) is 0.389. The summed E-state index contributed by atoms with van der Waals surface area (Å²) in [6, 6.07) is 7.38. The summed E-state index contributed by atoms with van der Waals surface area (Å²) in [6.45, 7) is 5.45. The molecule has 1 N–H and O–H groups in total. The zero-order valence-corrected chi connectivity index (χ0v) is 16.2. The Kier molecular flexibility index (Phi) is 6.35. The lowest BCUT2D eigenvalue weighted by Gasteiger charge is -2.20. The summed E-state index contributed by atoms with van der Waals surface area (Å²) < 4.78 is 44.7. The standard InChI is InChI=1S/C18H20F3N3O2S/c1-17(2,3)24-15(25)10-27-16-22-13(9-14(23-16)18(19,20)21)11-5-7-12(26-4)8-6-11/h5-9H,10H2,1-4H3,(H,24,25). The Balaban J connectivity index is 2.29. The molecule has 1 aromatic carbocycles. The largest absolute Gasteiger partial charge is 0.497 e. The third kappa shape index (κ3) is 6.42. The van der Waals surface area contributed by atoms with Crippen LogP contribution in [0.4, 0.5) is 13.2 Å². The van der Waals surface area contributed by atoms with Crippen LogP contribution in [0.5, 0.6) is 5.75 Å². The van der Waals surface area contributed by atoms with Crippen LogP contribution in [0.15, 0.2) is 35.5 Å². The van der Waals surface area contributed by atoms with Gasteiger partial charge in [0.2, 0.25) is 5.91 Å². The van der Waals surface area contributed by atoms with E-state index in [1.807, 2.05) is 20.8 Å². The van der Waals surface area contributed by atoms with Crippen LogP contribution in [0.25, 0.3) is 11.3 Å². The minimum atomic E-state index is -4.62. The van der Waals surface area contributed by atoms with Crippen molar-refractivity contribution in [3.8, 4) is 17.0 Å². The molecule has 0 unspecified atom stereocenters. The summed E-state index contributed by atoms with van der Waals surface area (Å²) in [6.07, 6.45) is -4.62. The lowest BCUT2D eigenvalue weighted by atomic mass is 10.1. The third-order valence-electron chi connectivity index (χ3n) is 3.23. The van der Waals surface area contributed by atoms with Crippen molar-refractivity contribution in [1.82, 2.24) is 15.3 Å². The van der Waals surface area contributed by atoms with E-state index in [4.69, 9.17) is 4.74 Å². The maximum absolute atomic E-state index is 13.2. The van der Waals surface area contributed by atoms with Crippen molar-refractivity contribution in [1.29, 1.82) is 0 Å². The molecule has 5 nitrogen and oxygen atoms in total. The quantitative estimate of drug-likeness (QED) is 0.604. The Bertz CT molecular complexity index is 803. The van der Waals surface area contributed by atoms with Crippen molar-refractivity contribution in [2.45, 2.75) is 37.6 Å². The van der Waals surface area contributed by atoms with Gasteiger partial charge < -0.3 is 10.1 Å². The molecule has 0 radical (unpaired) electrons. The van der Waals surface area contributed by atoms with Gasteiger partial charge in [-0.05, 0) is 51.1 Å². The first-order valence-corrected chi connectivity index (χ1v) is 9.01. The van der Waals surface area contributed by atoms with Crippen molar-refractivity contribution in [2.24, 2.45) is 0 Å². The van der Waals surface area contributed by atoms with Crippen LogP contribution in [0.2, 0.25) is 0 Å². The molecule has 0 spiro atoms. The van der Waals surface area contributed by atoms with E-state index in [2.05, 4.69) is 15.3 Å². The number of alkyl halides is 3. The van der Waals surface area contributed by atoms with Gasteiger partial charge in [0, 0.05) is 11.1 Å². The summed E-state index contributed by atoms with van der Waals surface area (Å²) in [5.41, 5.74) is -0.869. The average molecular weight is 399 g/mol. The molecule has 1 aromatic heterocycles. The Morgan fingerprint density at radius 3 is 2.30 bits per heavy atom. The molecule has 0 saturated carbocycles. The normalized spacial score (nSPS) is 12.0. The molecule has 1 amide bonds. The maximum atomic E-state index is 13.2. The number of nitrogens with one attached hydrogen (secondary N) is 1. The van der Waals surface area contributed by atoms with Crippen LogP contribution >= 0.6 is 11.8 Å². The summed E-state index contributed by atoms with van der Waals surface area (Å²) in [7, 11) is 1.50. The van der Waals surface area contributed by atoms with Gasteiger partial charge in [-0.15, -0.1) is 0 Å². The van der Waals surface area contributed by atoms with Gasteiger partial charge in [0.05, 0.1) is 18.6 Å². The lowest BCUT2D eigenvalue weighted by Crippen LogP contribution is -2.41. The number of thioether (sulfide) groups is 1. The fourth-order valence-corrected chi connectivity index (χ4v) is 2.79. The van der Waals surface area contributed by atoms with E-state index in [1.165, 1.54) is 7.11 Å². The molecule has 146 valence electrons. The molecule has 27 heavy (non-hydrogen) atoms. The van der Waals surface area contributed by atoms with E-state index in [-0.39, 0.29) is 22.5 Å². The Labute approximate surface area is 159 Å². The SMILES string of the molecule is COc1ccc(-c2cc(C(F)(F)F)nc(SCC(=O)NC(C)(C)C)n2)cc1. The Morgan fingerprint density at radius 2 is 1.78 bits per heavy atom. The van der Waals surface area contributed by atoms with Crippen molar-refractivity contribution in [2.75, 3.05) is 12.9 Å². The van der Waals surface area contributed by atoms with E-state index in [0.717, 1.165) is 17.8 Å². The molecular formula is C18H20F3N3O2S. The Hall–Kier alpha value is -2.29. The van der Waals surface area contributed by atoms with E-state index in [1.54, 1.807) is 24.3 Å². The molecule has 1 heterocycles. The third-order valence-corrected chi connectivity index (χ3v) is 4.08. The second-order valence-electron chi connectivity index (χ2n) is 6.73. The van der Waals surface area contributed by atoms with Crippen LogP contribution in [0, 0.1) is 0 Å². The highest BCUT2D eigenvalue weighted by atomic mass is 32.2. The van der Waals surface area contributed by atoms with Gasteiger partial charge in [-0.25, -0.2) is 9.97 Å². The number of rotatable bonds is 5. The predicted molar refractivity (Wildman–Crippen MR) is 97.6 cm³/mol. The number of benzene rings is 1. The van der Waals surface area contributed by atoms with Gasteiger partial charge >= 0.3 is 6.18 Å². The number of hydrogen-bond acceptors (Lipinski definition) is 5. The summed E-state index contributed by atoms with van der Waals surface area (Å²) in [5, 5.41) is 2.63. The van der Waals surface area contributed by atoms with Crippen molar-refractivity contribution in [3.05, 3.63) is 36.0 Å². The van der Waals surface area contributed by atoms with Crippen molar-refractivity contribution in [3.63, 3.8) is 0 Å². The summed E-state index contributed by atoms with van der Waals surface area (Å²) in [5.74, 6) is 0.192. The number of carbonyl (C=O) groups is 1. The molecule has 0 aliphatic heterocycles. The van der Waals surface area contributed by atoms with Crippen molar-refractivity contribution >= 4 is 17.7 Å². The van der Waals surface area contributed by atoms with Crippen LogP contribution in [0.3, 0.4) is 0 Å². The van der Waals surface area contributed by atoms with Gasteiger partial charge in [-0.3, -0.25) is 4.79 Å². The fourth-order valence-electron chi connectivity index (χ4n) is 2.13. The number of halogens is 3. The zero-order valence-electron chi connectivity index (χ0n) is 15.3. The van der Waals surface area contributed by atoms with Crippen LogP contribution in [0.1, 0.15) is 26.5 Å². The molecule has 0 atom stereocenters. The minimum absolute atomic E-state index is 0.0827. The molecule has 0 bridgehead atoms. The monoisotopic (exact) mass is 399 g/mol. The topological polar surface area (TPSA) is 64.1 Å². The van der Waals surface area contributed by atoms with E-state index in [9.17, 15) is 18.0 Å². The molecule has 2 rings (SSSR count). The van der Waals surface area contributed by atoms with Gasteiger partial charge in [-0.1, -0.05) is 11.8 Å². The van der Waals surface area contributed by atoms with Gasteiger partial charge in [0.15, 0.2) is 5.16 Å². The highest BCUT2D eigenvalue weighted by molar-refractivity contribution is 7.99. The van der Waals surface area contributed by atoms with Gasteiger partial charge in [-0.2, -0.15) is 13.2 Å². The second kappa shape index (κ2) is 8.16. The zero-order chi connectivity index (χ0) is 20.2. The lowest BCUT2D eigenvalue weighted by molar-refractivity contribution is -0.141. The maximum Gasteiger partial charge on any atom is 0.433 e. The van der Waals surface area contributed by atoms with E-state index in [0.29, 0.717) is 11.3 Å². The number of ether oxygens (including phenoxy) is 1. The Morgan fingerprint density at radius 1 is 1.15 bits per heavy atom.